The summed E-state index contributed by atoms with van der Waals surface area (Å²) in [5.41, 5.74) is 0.759. The molecule has 146 valence electrons. The van der Waals surface area contributed by atoms with Gasteiger partial charge in [0.05, 0.1) is 17.1 Å². The van der Waals surface area contributed by atoms with E-state index in [4.69, 9.17) is 6.42 Å². The van der Waals surface area contributed by atoms with Crippen LogP contribution in [-0.4, -0.2) is 45.1 Å². The summed E-state index contributed by atoms with van der Waals surface area (Å²) in [7, 11) is -0.435. The summed E-state index contributed by atoms with van der Waals surface area (Å²) in [6.45, 7) is -0.120. The molecule has 0 saturated carbocycles. The van der Waals surface area contributed by atoms with E-state index in [1.807, 2.05) is 0 Å². The number of amides is 2. The lowest BCUT2D eigenvalue weighted by Crippen LogP contribution is -2.24. The minimum Gasteiger partial charge on any atom is -0.339 e. The van der Waals surface area contributed by atoms with E-state index in [0.29, 0.717) is 10.6 Å². The highest BCUT2D eigenvalue weighted by atomic mass is 32.2. The van der Waals surface area contributed by atoms with E-state index >= 15 is 0 Å². The maximum Gasteiger partial charge on any atom is 0.286 e. The van der Waals surface area contributed by atoms with E-state index in [1.54, 1.807) is 38.4 Å². The number of para-hydroxylation sites is 1. The van der Waals surface area contributed by atoms with E-state index in [-0.39, 0.29) is 22.2 Å². The van der Waals surface area contributed by atoms with Gasteiger partial charge in [-0.2, -0.15) is 4.72 Å². The van der Waals surface area contributed by atoms with Gasteiger partial charge in [0, 0.05) is 24.6 Å². The van der Waals surface area contributed by atoms with E-state index < -0.39 is 15.9 Å². The molecular formula is C19H19N3O4S2. The number of carbonyl (C=O) groups excluding carboxylic acids is 2. The van der Waals surface area contributed by atoms with Crippen molar-refractivity contribution in [2.45, 2.75) is 9.79 Å². The van der Waals surface area contributed by atoms with E-state index in [1.165, 1.54) is 29.2 Å². The first-order valence-corrected chi connectivity index (χ1v) is 10.4. The molecule has 0 aromatic heterocycles. The van der Waals surface area contributed by atoms with Gasteiger partial charge < -0.3 is 10.2 Å². The normalized spacial score (nSPS) is 10.8. The monoisotopic (exact) mass is 417 g/mol. The van der Waals surface area contributed by atoms with Crippen molar-refractivity contribution < 1.29 is 18.0 Å². The quantitative estimate of drug-likeness (QED) is 0.556. The lowest BCUT2D eigenvalue weighted by Gasteiger charge is -2.13. The van der Waals surface area contributed by atoms with E-state index in [9.17, 15) is 18.0 Å². The molecule has 0 fully saturated rings. The van der Waals surface area contributed by atoms with Crippen LogP contribution < -0.4 is 10.0 Å². The summed E-state index contributed by atoms with van der Waals surface area (Å²) in [6, 6.07) is 12.4. The summed E-state index contributed by atoms with van der Waals surface area (Å²) >= 11 is 0.997. The second-order valence-electron chi connectivity index (χ2n) is 5.77. The van der Waals surface area contributed by atoms with Gasteiger partial charge in [0.2, 0.25) is 10.0 Å². The molecule has 2 N–H and O–H groups in total. The van der Waals surface area contributed by atoms with Crippen molar-refractivity contribution in [3.05, 3.63) is 54.1 Å². The van der Waals surface area contributed by atoms with Crippen molar-refractivity contribution in [3.8, 4) is 12.3 Å². The van der Waals surface area contributed by atoms with Crippen LogP contribution in [0.5, 0.6) is 0 Å². The number of rotatable bonds is 6. The number of terminal acetylenes is 1. The molecule has 0 bridgehead atoms. The van der Waals surface area contributed by atoms with Gasteiger partial charge in [-0.05, 0) is 48.2 Å². The minimum atomic E-state index is -3.72. The molecule has 7 nitrogen and oxygen atoms in total. The van der Waals surface area contributed by atoms with Crippen molar-refractivity contribution in [2.75, 3.05) is 26.0 Å². The Labute approximate surface area is 168 Å². The summed E-state index contributed by atoms with van der Waals surface area (Å²) in [5.74, 6) is 1.77. The van der Waals surface area contributed by atoms with Crippen LogP contribution in [0.4, 0.5) is 10.5 Å². The Balaban J connectivity index is 2.16. The SMILES string of the molecule is C#CCNS(=O)(=O)c1ccc(C(=O)Nc2ccccc2SC(=O)N(C)C)cc1. The van der Waals surface area contributed by atoms with Crippen molar-refractivity contribution in [1.29, 1.82) is 0 Å². The van der Waals surface area contributed by atoms with Gasteiger partial charge in [-0.15, -0.1) is 6.42 Å². The fourth-order valence-electron chi connectivity index (χ4n) is 2.04. The molecule has 9 heteroatoms. The molecule has 2 aromatic rings. The van der Waals surface area contributed by atoms with Crippen molar-refractivity contribution >= 4 is 38.6 Å². The zero-order chi connectivity index (χ0) is 20.7. The molecule has 2 rings (SSSR count). The Morgan fingerprint density at radius 1 is 1.11 bits per heavy atom. The third-order valence-electron chi connectivity index (χ3n) is 3.49. The first-order valence-electron chi connectivity index (χ1n) is 8.07. The molecule has 2 amide bonds. The summed E-state index contributed by atoms with van der Waals surface area (Å²) in [6.07, 6.45) is 5.05. The highest BCUT2D eigenvalue weighted by molar-refractivity contribution is 8.13. The first kappa shape index (κ1) is 21.5. The third-order valence-corrected chi connectivity index (χ3v) is 6.02. The van der Waals surface area contributed by atoms with Gasteiger partial charge in [0.15, 0.2) is 0 Å². The molecule has 0 heterocycles. The van der Waals surface area contributed by atoms with Crippen LogP contribution in [0.25, 0.3) is 0 Å². The third kappa shape index (κ3) is 5.60. The highest BCUT2D eigenvalue weighted by Crippen LogP contribution is 2.29. The van der Waals surface area contributed by atoms with Crippen LogP contribution in [-0.2, 0) is 10.0 Å². The Kier molecular flexibility index (Phi) is 7.23. The Morgan fingerprint density at radius 2 is 1.75 bits per heavy atom. The highest BCUT2D eigenvalue weighted by Gasteiger charge is 2.16. The number of hydrogen-bond donors (Lipinski definition) is 2. The lowest BCUT2D eigenvalue weighted by atomic mass is 10.2. The van der Waals surface area contributed by atoms with Crippen LogP contribution in [0.3, 0.4) is 0 Å². The number of sulfonamides is 1. The topological polar surface area (TPSA) is 95.6 Å². The molecule has 2 aromatic carbocycles. The molecule has 0 aliphatic carbocycles. The molecule has 0 aliphatic heterocycles. The molecule has 0 unspecified atom stereocenters. The smallest absolute Gasteiger partial charge is 0.286 e. The van der Waals surface area contributed by atoms with E-state index in [0.717, 1.165) is 11.8 Å². The Hall–Kier alpha value is -2.80. The van der Waals surface area contributed by atoms with Crippen molar-refractivity contribution in [2.24, 2.45) is 0 Å². The van der Waals surface area contributed by atoms with Gasteiger partial charge in [0.25, 0.3) is 11.1 Å². The predicted molar refractivity (Wildman–Crippen MR) is 110 cm³/mol. The number of thioether (sulfide) groups is 1. The molecule has 28 heavy (non-hydrogen) atoms. The molecular weight excluding hydrogens is 398 g/mol. The zero-order valence-corrected chi connectivity index (χ0v) is 16.9. The summed E-state index contributed by atoms with van der Waals surface area (Å²) in [5, 5.41) is 2.57. The van der Waals surface area contributed by atoms with Gasteiger partial charge in [0.1, 0.15) is 0 Å². The lowest BCUT2D eigenvalue weighted by molar-refractivity contribution is 0.102. The van der Waals surface area contributed by atoms with Gasteiger partial charge in [-0.1, -0.05) is 18.1 Å². The molecule has 0 spiro atoms. The van der Waals surface area contributed by atoms with Gasteiger partial charge in [-0.3, -0.25) is 9.59 Å². The number of nitrogens with zero attached hydrogens (tertiary/aromatic N) is 1. The standard InChI is InChI=1S/C19H19N3O4S2/c1-4-13-20-28(25,26)15-11-9-14(10-12-15)18(23)21-16-7-5-6-8-17(16)27-19(24)22(2)3/h1,5-12,20H,13H2,2-3H3,(H,21,23). The average molecular weight is 418 g/mol. The zero-order valence-electron chi connectivity index (χ0n) is 15.3. The largest absolute Gasteiger partial charge is 0.339 e. The molecule has 0 atom stereocenters. The minimum absolute atomic E-state index is 0.00633. The molecule has 0 radical (unpaired) electrons. The van der Waals surface area contributed by atoms with Crippen LogP contribution in [0.1, 0.15) is 10.4 Å². The van der Waals surface area contributed by atoms with Crippen molar-refractivity contribution in [1.82, 2.24) is 9.62 Å². The van der Waals surface area contributed by atoms with Gasteiger partial charge >= 0.3 is 0 Å². The Morgan fingerprint density at radius 3 is 2.36 bits per heavy atom. The molecule has 0 saturated heterocycles. The fourth-order valence-corrected chi connectivity index (χ4v) is 3.72. The van der Waals surface area contributed by atoms with Crippen LogP contribution >= 0.6 is 11.8 Å². The predicted octanol–water partition coefficient (Wildman–Crippen LogP) is 2.62. The first-order chi connectivity index (χ1) is 13.2. The molecule has 0 aliphatic rings. The fraction of sp³-hybridized carbons (Fsp3) is 0.158. The Bertz CT molecular complexity index is 1010. The van der Waals surface area contributed by atoms with Gasteiger partial charge in [-0.25, -0.2) is 8.42 Å². The maximum absolute atomic E-state index is 12.5. The maximum atomic E-state index is 12.5. The summed E-state index contributed by atoms with van der Waals surface area (Å²) < 4.78 is 26.3. The second kappa shape index (κ2) is 9.41. The van der Waals surface area contributed by atoms with Crippen LogP contribution in [0, 0.1) is 12.3 Å². The summed E-state index contributed by atoms with van der Waals surface area (Å²) in [4.78, 5) is 26.5. The number of nitrogens with one attached hydrogen (secondary N) is 2. The second-order valence-corrected chi connectivity index (χ2v) is 8.53. The number of carbonyl (C=O) groups is 2. The van der Waals surface area contributed by atoms with E-state index in [2.05, 4.69) is 16.0 Å². The number of benzene rings is 2. The van der Waals surface area contributed by atoms with Crippen molar-refractivity contribution in [3.63, 3.8) is 0 Å². The number of hydrogen-bond acceptors (Lipinski definition) is 5. The van der Waals surface area contributed by atoms with Crippen LogP contribution in [0.15, 0.2) is 58.3 Å². The number of anilines is 1. The average Bonchev–Trinajstić information content (AvgIpc) is 2.67. The van der Waals surface area contributed by atoms with Crippen LogP contribution in [0.2, 0.25) is 0 Å².